The van der Waals surface area contributed by atoms with E-state index in [0.717, 1.165) is 0 Å². The fraction of sp³-hybridized carbons (Fsp3) is 0.727. The predicted octanol–water partition coefficient (Wildman–Crippen LogP) is 0.0172. The summed E-state index contributed by atoms with van der Waals surface area (Å²) in [5.74, 6) is -1.25. The van der Waals surface area contributed by atoms with Gasteiger partial charge < -0.3 is 20.6 Å². The van der Waals surface area contributed by atoms with Gasteiger partial charge in [-0.25, -0.2) is 4.79 Å². The average molecular weight is 259 g/mol. The molecule has 0 aliphatic heterocycles. The van der Waals surface area contributed by atoms with Gasteiger partial charge in [0.25, 0.3) is 0 Å². The third kappa shape index (κ3) is 6.72. The van der Waals surface area contributed by atoms with Crippen molar-refractivity contribution in [1.82, 2.24) is 15.5 Å². The number of amides is 3. The number of nitrogens with one attached hydrogen (secondary N) is 2. The molecule has 0 aromatic heterocycles. The van der Waals surface area contributed by atoms with E-state index in [-0.39, 0.29) is 19.0 Å². The number of hydrogen-bond acceptors (Lipinski definition) is 3. The molecule has 0 unspecified atom stereocenters. The van der Waals surface area contributed by atoms with Gasteiger partial charge in [0.05, 0.1) is 0 Å². The summed E-state index contributed by atoms with van der Waals surface area (Å²) in [5.41, 5.74) is -0.587. The highest BCUT2D eigenvalue weighted by molar-refractivity contribution is 5.80. The van der Waals surface area contributed by atoms with Gasteiger partial charge in [0.1, 0.15) is 6.54 Å². The standard InChI is InChI=1S/C11H21N3O4/c1-8(15)12-5-6-13-10(18)14(7-9(16)17)11(2,3)4/h5-7H2,1-4H3,(H,12,15)(H,13,18)(H,16,17). The van der Waals surface area contributed by atoms with Crippen LogP contribution in [0.5, 0.6) is 0 Å². The Balaban J connectivity index is 4.31. The number of aliphatic carboxylic acids is 1. The molecule has 0 aliphatic rings. The largest absolute Gasteiger partial charge is 0.480 e. The van der Waals surface area contributed by atoms with Crippen molar-refractivity contribution in [1.29, 1.82) is 0 Å². The molecule has 0 saturated carbocycles. The van der Waals surface area contributed by atoms with Gasteiger partial charge in [-0.15, -0.1) is 0 Å². The Hall–Kier alpha value is -1.79. The molecule has 0 fully saturated rings. The number of carbonyl (C=O) groups is 3. The lowest BCUT2D eigenvalue weighted by Gasteiger charge is -2.34. The van der Waals surface area contributed by atoms with Crippen LogP contribution >= 0.6 is 0 Å². The SMILES string of the molecule is CC(=O)NCCNC(=O)N(CC(=O)O)C(C)(C)C. The Labute approximate surface area is 107 Å². The summed E-state index contributed by atoms with van der Waals surface area (Å²) in [6.07, 6.45) is 0. The number of carboxylic acids is 1. The molecule has 0 aromatic carbocycles. The summed E-state index contributed by atoms with van der Waals surface area (Å²) in [7, 11) is 0. The van der Waals surface area contributed by atoms with Crippen LogP contribution in [0, 0.1) is 0 Å². The van der Waals surface area contributed by atoms with Gasteiger partial charge in [0, 0.05) is 25.6 Å². The first-order valence-electron chi connectivity index (χ1n) is 5.66. The van der Waals surface area contributed by atoms with E-state index < -0.39 is 17.5 Å². The third-order valence-corrected chi connectivity index (χ3v) is 2.12. The van der Waals surface area contributed by atoms with E-state index in [1.165, 1.54) is 11.8 Å². The lowest BCUT2D eigenvalue weighted by molar-refractivity contribution is -0.138. The fourth-order valence-electron chi connectivity index (χ4n) is 1.25. The lowest BCUT2D eigenvalue weighted by atomic mass is 10.1. The van der Waals surface area contributed by atoms with Crippen molar-refractivity contribution in [2.75, 3.05) is 19.6 Å². The maximum atomic E-state index is 11.8. The zero-order valence-corrected chi connectivity index (χ0v) is 11.2. The van der Waals surface area contributed by atoms with Crippen molar-refractivity contribution >= 4 is 17.9 Å². The first kappa shape index (κ1) is 16.2. The van der Waals surface area contributed by atoms with Gasteiger partial charge in [-0.3, -0.25) is 9.59 Å². The highest BCUT2D eigenvalue weighted by Gasteiger charge is 2.27. The van der Waals surface area contributed by atoms with Crippen LogP contribution in [-0.4, -0.2) is 53.1 Å². The minimum atomic E-state index is -1.07. The molecule has 0 heterocycles. The second-order valence-corrected chi connectivity index (χ2v) is 4.87. The van der Waals surface area contributed by atoms with Crippen LogP contribution in [0.2, 0.25) is 0 Å². The maximum Gasteiger partial charge on any atom is 0.323 e. The molecule has 0 radical (unpaired) electrons. The molecular formula is C11H21N3O4. The summed E-state index contributed by atoms with van der Waals surface area (Å²) in [5, 5.41) is 13.9. The molecule has 0 bridgehead atoms. The average Bonchev–Trinajstić information content (AvgIpc) is 2.18. The maximum absolute atomic E-state index is 11.8. The van der Waals surface area contributed by atoms with Gasteiger partial charge in [-0.05, 0) is 20.8 Å². The molecule has 18 heavy (non-hydrogen) atoms. The van der Waals surface area contributed by atoms with Crippen LogP contribution < -0.4 is 10.6 Å². The minimum absolute atomic E-state index is 0.178. The van der Waals surface area contributed by atoms with Crippen molar-refractivity contribution in [2.45, 2.75) is 33.2 Å². The van der Waals surface area contributed by atoms with E-state index in [0.29, 0.717) is 6.54 Å². The Bertz CT molecular complexity index is 323. The van der Waals surface area contributed by atoms with E-state index in [1.807, 2.05) is 0 Å². The molecular weight excluding hydrogens is 238 g/mol. The second kappa shape index (κ2) is 6.83. The van der Waals surface area contributed by atoms with Crippen LogP contribution in [0.25, 0.3) is 0 Å². The number of carboxylic acid groups (broad SMARTS) is 1. The molecule has 7 nitrogen and oxygen atoms in total. The molecule has 0 aromatic rings. The zero-order chi connectivity index (χ0) is 14.3. The number of rotatable bonds is 5. The normalized spacial score (nSPS) is 10.7. The number of urea groups is 1. The molecule has 7 heteroatoms. The van der Waals surface area contributed by atoms with Crippen molar-refractivity contribution in [3.8, 4) is 0 Å². The van der Waals surface area contributed by atoms with Crippen molar-refractivity contribution in [2.24, 2.45) is 0 Å². The van der Waals surface area contributed by atoms with Crippen LogP contribution in [0.1, 0.15) is 27.7 Å². The summed E-state index contributed by atoms with van der Waals surface area (Å²) in [6.45, 7) is 6.84. The number of hydrogen-bond donors (Lipinski definition) is 3. The summed E-state index contributed by atoms with van der Waals surface area (Å²) in [4.78, 5) is 34.4. The molecule has 0 aliphatic carbocycles. The summed E-state index contributed by atoms with van der Waals surface area (Å²) < 4.78 is 0. The van der Waals surface area contributed by atoms with Crippen LogP contribution in [-0.2, 0) is 9.59 Å². The molecule has 0 saturated heterocycles. The molecule has 0 spiro atoms. The quantitative estimate of drug-likeness (QED) is 0.606. The van der Waals surface area contributed by atoms with E-state index in [9.17, 15) is 14.4 Å². The summed E-state index contributed by atoms with van der Waals surface area (Å²) >= 11 is 0. The molecule has 3 N–H and O–H groups in total. The predicted molar refractivity (Wildman–Crippen MR) is 66.2 cm³/mol. The van der Waals surface area contributed by atoms with Gasteiger partial charge in [0.15, 0.2) is 0 Å². The highest BCUT2D eigenvalue weighted by Crippen LogP contribution is 2.12. The van der Waals surface area contributed by atoms with Crippen molar-refractivity contribution in [3.05, 3.63) is 0 Å². The smallest absolute Gasteiger partial charge is 0.323 e. The van der Waals surface area contributed by atoms with E-state index in [1.54, 1.807) is 20.8 Å². The first-order valence-corrected chi connectivity index (χ1v) is 5.66. The van der Waals surface area contributed by atoms with Gasteiger partial charge in [-0.1, -0.05) is 0 Å². The van der Waals surface area contributed by atoms with Gasteiger partial charge >= 0.3 is 12.0 Å². The molecule has 0 atom stereocenters. The van der Waals surface area contributed by atoms with Crippen molar-refractivity contribution in [3.63, 3.8) is 0 Å². The minimum Gasteiger partial charge on any atom is -0.480 e. The zero-order valence-electron chi connectivity index (χ0n) is 11.2. The van der Waals surface area contributed by atoms with E-state index in [2.05, 4.69) is 10.6 Å². The van der Waals surface area contributed by atoms with E-state index >= 15 is 0 Å². The van der Waals surface area contributed by atoms with Gasteiger partial charge in [-0.2, -0.15) is 0 Å². The Morgan fingerprint density at radius 2 is 1.61 bits per heavy atom. The van der Waals surface area contributed by atoms with Crippen LogP contribution in [0.15, 0.2) is 0 Å². The topological polar surface area (TPSA) is 98.7 Å². The van der Waals surface area contributed by atoms with Crippen LogP contribution in [0.4, 0.5) is 4.79 Å². The Morgan fingerprint density at radius 3 is 2.00 bits per heavy atom. The summed E-state index contributed by atoms with van der Waals surface area (Å²) in [6, 6.07) is -0.463. The molecule has 104 valence electrons. The number of carbonyl (C=O) groups excluding carboxylic acids is 2. The molecule has 0 rings (SSSR count). The third-order valence-electron chi connectivity index (χ3n) is 2.12. The highest BCUT2D eigenvalue weighted by atomic mass is 16.4. The first-order chi connectivity index (χ1) is 8.14. The second-order valence-electron chi connectivity index (χ2n) is 4.87. The lowest BCUT2D eigenvalue weighted by Crippen LogP contribution is -2.53. The Kier molecular flexibility index (Phi) is 6.15. The monoisotopic (exact) mass is 259 g/mol. The Morgan fingerprint density at radius 1 is 1.11 bits per heavy atom. The van der Waals surface area contributed by atoms with Crippen molar-refractivity contribution < 1.29 is 19.5 Å². The van der Waals surface area contributed by atoms with Crippen LogP contribution in [0.3, 0.4) is 0 Å². The molecule has 3 amide bonds. The number of nitrogens with zero attached hydrogens (tertiary/aromatic N) is 1. The van der Waals surface area contributed by atoms with E-state index in [4.69, 9.17) is 5.11 Å². The van der Waals surface area contributed by atoms with Gasteiger partial charge in [0.2, 0.25) is 5.91 Å². The fourth-order valence-corrected chi connectivity index (χ4v) is 1.25.